The lowest BCUT2D eigenvalue weighted by atomic mass is 10.0. The second kappa shape index (κ2) is 6.67. The van der Waals surface area contributed by atoms with Crippen molar-refractivity contribution in [2.75, 3.05) is 13.7 Å². The van der Waals surface area contributed by atoms with Crippen LogP contribution < -0.4 is 10.3 Å². The Kier molecular flexibility index (Phi) is 4.21. The Labute approximate surface area is 151 Å². The molecule has 1 aliphatic heterocycles. The maximum atomic E-state index is 13.1. The number of benzene rings is 2. The Balaban J connectivity index is 1.70. The molecule has 1 saturated heterocycles. The van der Waals surface area contributed by atoms with Crippen LogP contribution in [0.25, 0.3) is 10.8 Å². The van der Waals surface area contributed by atoms with Gasteiger partial charge in [0, 0.05) is 11.9 Å². The first-order valence-electron chi connectivity index (χ1n) is 8.74. The Bertz CT molecular complexity index is 1020. The largest absolute Gasteiger partial charge is 0.497 e. The minimum absolute atomic E-state index is 0.00688. The smallest absolute Gasteiger partial charge is 0.270 e. The fraction of sp³-hybridized carbons (Fsp3) is 0.238. The van der Waals surface area contributed by atoms with Gasteiger partial charge in [-0.15, -0.1) is 0 Å². The number of ether oxygens (including phenoxy) is 1. The molecule has 2 aromatic carbocycles. The number of likely N-dealkylation sites (tertiary alicyclic amines) is 1. The zero-order chi connectivity index (χ0) is 18.1. The average molecular weight is 348 g/mol. The van der Waals surface area contributed by atoms with E-state index in [9.17, 15) is 9.59 Å². The third-order valence-electron chi connectivity index (χ3n) is 4.98. The highest BCUT2D eigenvalue weighted by Crippen LogP contribution is 2.34. The maximum absolute atomic E-state index is 13.1. The van der Waals surface area contributed by atoms with Crippen LogP contribution in [0.4, 0.5) is 0 Å². The van der Waals surface area contributed by atoms with Crippen molar-refractivity contribution in [3.05, 3.63) is 76.2 Å². The van der Waals surface area contributed by atoms with Gasteiger partial charge in [0.05, 0.1) is 13.2 Å². The molecule has 26 heavy (non-hydrogen) atoms. The van der Waals surface area contributed by atoms with Crippen LogP contribution >= 0.6 is 0 Å². The lowest BCUT2D eigenvalue weighted by molar-refractivity contribution is 0.0729. The van der Waals surface area contributed by atoms with Gasteiger partial charge in [0.2, 0.25) is 0 Å². The van der Waals surface area contributed by atoms with E-state index in [-0.39, 0.29) is 17.5 Å². The van der Waals surface area contributed by atoms with Crippen molar-refractivity contribution in [1.82, 2.24) is 9.88 Å². The molecule has 1 aliphatic rings. The summed E-state index contributed by atoms with van der Waals surface area (Å²) < 4.78 is 5.31. The number of nitrogens with one attached hydrogen (secondary N) is 1. The van der Waals surface area contributed by atoms with Gasteiger partial charge in [0.25, 0.3) is 11.5 Å². The summed E-state index contributed by atoms with van der Waals surface area (Å²) in [6.07, 6.45) is 1.84. The number of aromatic nitrogens is 1. The summed E-state index contributed by atoms with van der Waals surface area (Å²) in [5.74, 6) is 0.638. The number of carbonyl (C=O) groups is 1. The van der Waals surface area contributed by atoms with Gasteiger partial charge < -0.3 is 14.6 Å². The van der Waals surface area contributed by atoms with E-state index in [0.717, 1.165) is 29.5 Å². The molecule has 1 atom stereocenters. The highest BCUT2D eigenvalue weighted by atomic mass is 16.5. The molecule has 0 radical (unpaired) electrons. The van der Waals surface area contributed by atoms with Crippen LogP contribution in [0.1, 0.15) is 34.9 Å². The molecule has 0 unspecified atom stereocenters. The molecule has 5 nitrogen and oxygen atoms in total. The lowest BCUT2D eigenvalue weighted by Gasteiger charge is -2.25. The molecule has 1 N–H and O–H groups in total. The topological polar surface area (TPSA) is 62.4 Å². The maximum Gasteiger partial charge on any atom is 0.270 e. The molecule has 1 amide bonds. The van der Waals surface area contributed by atoms with Crippen molar-refractivity contribution in [2.45, 2.75) is 18.9 Å². The molecule has 2 heterocycles. The number of amides is 1. The van der Waals surface area contributed by atoms with Crippen molar-refractivity contribution in [2.24, 2.45) is 0 Å². The van der Waals surface area contributed by atoms with Crippen LogP contribution in [0.3, 0.4) is 0 Å². The number of methoxy groups -OCH3 is 1. The molecule has 1 fully saturated rings. The van der Waals surface area contributed by atoms with Crippen molar-refractivity contribution >= 4 is 16.7 Å². The third kappa shape index (κ3) is 2.86. The molecule has 0 spiro atoms. The number of rotatable bonds is 3. The van der Waals surface area contributed by atoms with Gasteiger partial charge in [-0.1, -0.05) is 30.3 Å². The lowest BCUT2D eigenvalue weighted by Crippen LogP contribution is -2.32. The molecular weight excluding hydrogens is 328 g/mol. The Hall–Kier alpha value is -3.08. The second-order valence-corrected chi connectivity index (χ2v) is 6.53. The Morgan fingerprint density at radius 1 is 1.15 bits per heavy atom. The van der Waals surface area contributed by atoms with E-state index >= 15 is 0 Å². The van der Waals surface area contributed by atoms with E-state index in [4.69, 9.17) is 4.74 Å². The third-order valence-corrected chi connectivity index (χ3v) is 4.98. The number of H-pyrrole nitrogens is 1. The number of pyridine rings is 1. The summed E-state index contributed by atoms with van der Waals surface area (Å²) in [6.45, 7) is 0.676. The van der Waals surface area contributed by atoms with Gasteiger partial charge >= 0.3 is 0 Å². The van der Waals surface area contributed by atoms with Gasteiger partial charge in [-0.3, -0.25) is 9.59 Å². The average Bonchev–Trinajstić information content (AvgIpc) is 3.17. The molecule has 1 aromatic heterocycles. The zero-order valence-corrected chi connectivity index (χ0v) is 14.6. The number of hydrogen-bond donors (Lipinski definition) is 1. The Morgan fingerprint density at radius 3 is 2.85 bits per heavy atom. The molecule has 132 valence electrons. The summed E-state index contributed by atoms with van der Waals surface area (Å²) >= 11 is 0. The molecule has 0 bridgehead atoms. The van der Waals surface area contributed by atoms with Crippen molar-refractivity contribution in [3.63, 3.8) is 0 Å². The van der Waals surface area contributed by atoms with E-state index in [2.05, 4.69) is 4.98 Å². The van der Waals surface area contributed by atoms with E-state index in [1.54, 1.807) is 19.2 Å². The van der Waals surface area contributed by atoms with Gasteiger partial charge in [0.15, 0.2) is 0 Å². The second-order valence-electron chi connectivity index (χ2n) is 6.53. The van der Waals surface area contributed by atoms with Gasteiger partial charge in [0.1, 0.15) is 11.4 Å². The predicted octanol–water partition coefficient (Wildman–Crippen LogP) is 3.51. The summed E-state index contributed by atoms with van der Waals surface area (Å²) in [5.41, 5.74) is 1.16. The van der Waals surface area contributed by atoms with E-state index in [1.807, 2.05) is 47.4 Å². The zero-order valence-electron chi connectivity index (χ0n) is 14.6. The monoisotopic (exact) mass is 348 g/mol. The Morgan fingerprint density at radius 2 is 2.00 bits per heavy atom. The highest BCUT2D eigenvalue weighted by molar-refractivity contribution is 5.96. The van der Waals surface area contributed by atoms with Gasteiger partial charge in [-0.2, -0.15) is 0 Å². The predicted molar refractivity (Wildman–Crippen MR) is 101 cm³/mol. The fourth-order valence-electron chi connectivity index (χ4n) is 3.69. The van der Waals surface area contributed by atoms with E-state index < -0.39 is 0 Å². The van der Waals surface area contributed by atoms with Crippen LogP contribution in [0.5, 0.6) is 5.75 Å². The highest BCUT2D eigenvalue weighted by Gasteiger charge is 2.31. The van der Waals surface area contributed by atoms with Crippen molar-refractivity contribution in [1.29, 1.82) is 0 Å². The molecule has 5 heteroatoms. The quantitative estimate of drug-likeness (QED) is 0.788. The summed E-state index contributed by atoms with van der Waals surface area (Å²) in [4.78, 5) is 30.0. The number of carbonyl (C=O) groups excluding carboxylic acids is 1. The van der Waals surface area contributed by atoms with Crippen LogP contribution in [-0.4, -0.2) is 29.4 Å². The van der Waals surface area contributed by atoms with Crippen LogP contribution in [-0.2, 0) is 0 Å². The van der Waals surface area contributed by atoms with Crippen molar-refractivity contribution < 1.29 is 9.53 Å². The van der Waals surface area contributed by atoms with E-state index in [1.165, 1.54) is 0 Å². The molecule has 0 aliphatic carbocycles. The minimum atomic E-state index is -0.233. The van der Waals surface area contributed by atoms with Crippen LogP contribution in [0.2, 0.25) is 0 Å². The number of aromatic amines is 1. The number of nitrogens with zero attached hydrogens (tertiary/aromatic N) is 1. The normalized spacial score (nSPS) is 16.8. The van der Waals surface area contributed by atoms with Gasteiger partial charge in [-0.05, 0) is 48.1 Å². The molecule has 0 saturated carbocycles. The summed E-state index contributed by atoms with van der Waals surface area (Å²) in [5, 5.41) is 1.37. The standard InChI is InChI=1S/C21H20N2O3/c1-26-16-8-4-7-15(12-16)19-10-5-11-23(19)21(25)18-13-14-6-2-3-9-17(14)20(24)22-18/h2-4,6-9,12-13,19H,5,10-11H2,1H3,(H,22,24)/t19-/m1/s1. The van der Waals surface area contributed by atoms with E-state index in [0.29, 0.717) is 17.6 Å². The van der Waals surface area contributed by atoms with Crippen LogP contribution in [0.15, 0.2) is 59.4 Å². The summed E-state index contributed by atoms with van der Waals surface area (Å²) in [6, 6.07) is 16.9. The fourth-order valence-corrected chi connectivity index (χ4v) is 3.69. The first-order chi connectivity index (χ1) is 12.7. The number of hydrogen-bond acceptors (Lipinski definition) is 3. The molecular formula is C21H20N2O3. The molecule has 4 rings (SSSR count). The van der Waals surface area contributed by atoms with Gasteiger partial charge in [-0.25, -0.2) is 0 Å². The SMILES string of the molecule is COc1cccc([C@H]2CCCN2C(=O)c2cc3ccccc3c(=O)[nH]2)c1. The van der Waals surface area contributed by atoms with Crippen molar-refractivity contribution in [3.8, 4) is 5.75 Å². The first kappa shape index (κ1) is 16.4. The number of fused-ring (bicyclic) bond motifs is 1. The molecule has 3 aromatic rings. The van der Waals surface area contributed by atoms with Crippen LogP contribution in [0, 0.1) is 0 Å². The minimum Gasteiger partial charge on any atom is -0.497 e. The first-order valence-corrected chi connectivity index (χ1v) is 8.74. The summed E-state index contributed by atoms with van der Waals surface area (Å²) in [7, 11) is 1.64.